The molecule has 0 spiro atoms. The van der Waals surface area contributed by atoms with Crippen LogP contribution in [0, 0.1) is 0 Å². The average molecular weight is 233 g/mol. The van der Waals surface area contributed by atoms with Gasteiger partial charge in [-0.25, -0.2) is 8.78 Å². The molecule has 1 N–H and O–H groups in total. The topological polar surface area (TPSA) is 21.3 Å². The highest BCUT2D eigenvalue weighted by atomic mass is 19.3. The molecule has 1 aliphatic rings. The minimum atomic E-state index is -2.54. The Morgan fingerprint density at radius 3 is 2.56 bits per heavy atom. The molecule has 2 nitrogen and oxygen atoms in total. The molecule has 0 saturated heterocycles. The standard InChI is InChI=1S/C12H21F2NO/c1-9(16-11(2,3)4)15-10-6-5-7-12(13,14)8-10/h10,15H,1,5-8H2,2-4H3/t10-/m1/s1. The smallest absolute Gasteiger partial charge is 0.250 e. The third kappa shape index (κ3) is 4.81. The third-order valence-electron chi connectivity index (χ3n) is 2.43. The Bertz CT molecular complexity index is 258. The third-order valence-corrected chi connectivity index (χ3v) is 2.43. The van der Waals surface area contributed by atoms with E-state index in [0.29, 0.717) is 12.3 Å². The lowest BCUT2D eigenvalue weighted by molar-refractivity contribution is -0.0473. The van der Waals surface area contributed by atoms with Crippen LogP contribution >= 0.6 is 0 Å². The molecule has 0 amide bonds. The predicted molar refractivity (Wildman–Crippen MR) is 60.3 cm³/mol. The van der Waals surface area contributed by atoms with Gasteiger partial charge in [-0.05, 0) is 40.2 Å². The van der Waals surface area contributed by atoms with Crippen molar-refractivity contribution in [2.75, 3.05) is 0 Å². The number of nitrogens with one attached hydrogen (secondary N) is 1. The second-order valence-electron chi connectivity index (χ2n) is 5.43. The van der Waals surface area contributed by atoms with E-state index in [2.05, 4.69) is 11.9 Å². The van der Waals surface area contributed by atoms with Gasteiger partial charge in [0.15, 0.2) is 5.88 Å². The SMILES string of the molecule is C=C(N[C@@H]1CCCC(F)(F)C1)OC(C)(C)C. The van der Waals surface area contributed by atoms with E-state index in [1.165, 1.54) is 0 Å². The molecule has 0 unspecified atom stereocenters. The minimum Gasteiger partial charge on any atom is -0.474 e. The summed E-state index contributed by atoms with van der Waals surface area (Å²) in [5, 5.41) is 2.93. The molecular formula is C12H21F2NO. The second kappa shape index (κ2) is 4.60. The number of rotatable bonds is 3. The molecule has 1 rings (SSSR count). The van der Waals surface area contributed by atoms with Gasteiger partial charge in [-0.1, -0.05) is 0 Å². The van der Waals surface area contributed by atoms with E-state index in [4.69, 9.17) is 4.74 Å². The van der Waals surface area contributed by atoms with Crippen LogP contribution in [0.15, 0.2) is 12.5 Å². The van der Waals surface area contributed by atoms with Gasteiger partial charge in [0.1, 0.15) is 5.60 Å². The van der Waals surface area contributed by atoms with E-state index in [-0.39, 0.29) is 24.5 Å². The summed E-state index contributed by atoms with van der Waals surface area (Å²) < 4.78 is 31.7. The van der Waals surface area contributed by atoms with Crippen molar-refractivity contribution < 1.29 is 13.5 Å². The summed E-state index contributed by atoms with van der Waals surface area (Å²) in [5.41, 5.74) is -0.346. The molecule has 0 aliphatic heterocycles. The Labute approximate surface area is 96.1 Å². The molecule has 0 radical (unpaired) electrons. The van der Waals surface area contributed by atoms with E-state index >= 15 is 0 Å². The van der Waals surface area contributed by atoms with Gasteiger partial charge in [0.05, 0.1) is 0 Å². The van der Waals surface area contributed by atoms with Crippen LogP contribution in [-0.4, -0.2) is 17.6 Å². The first-order valence-corrected chi connectivity index (χ1v) is 5.70. The van der Waals surface area contributed by atoms with Crippen molar-refractivity contribution >= 4 is 0 Å². The minimum absolute atomic E-state index is 0.00220. The summed E-state index contributed by atoms with van der Waals surface area (Å²) >= 11 is 0. The predicted octanol–water partition coefficient (Wildman–Crippen LogP) is 3.44. The van der Waals surface area contributed by atoms with Crippen molar-refractivity contribution in [1.29, 1.82) is 0 Å². The van der Waals surface area contributed by atoms with E-state index in [9.17, 15) is 8.78 Å². The fourth-order valence-electron chi connectivity index (χ4n) is 1.92. The van der Waals surface area contributed by atoms with E-state index < -0.39 is 5.92 Å². The lowest BCUT2D eigenvalue weighted by Crippen LogP contribution is -2.40. The van der Waals surface area contributed by atoms with Crippen LogP contribution in [0.5, 0.6) is 0 Å². The lowest BCUT2D eigenvalue weighted by Gasteiger charge is -2.32. The molecule has 4 heteroatoms. The zero-order valence-electron chi connectivity index (χ0n) is 10.3. The molecule has 1 aliphatic carbocycles. The van der Waals surface area contributed by atoms with Gasteiger partial charge < -0.3 is 10.1 Å². The molecule has 16 heavy (non-hydrogen) atoms. The quantitative estimate of drug-likeness (QED) is 0.754. The van der Waals surface area contributed by atoms with Gasteiger partial charge in [-0.3, -0.25) is 0 Å². The summed E-state index contributed by atoms with van der Waals surface area (Å²) in [6.45, 7) is 9.40. The van der Waals surface area contributed by atoms with Gasteiger partial charge in [0, 0.05) is 18.9 Å². The van der Waals surface area contributed by atoms with Gasteiger partial charge in [0.25, 0.3) is 0 Å². The van der Waals surface area contributed by atoms with Crippen molar-refractivity contribution in [2.24, 2.45) is 0 Å². The highest BCUT2D eigenvalue weighted by Gasteiger charge is 2.36. The van der Waals surface area contributed by atoms with Gasteiger partial charge >= 0.3 is 0 Å². The molecular weight excluding hydrogens is 212 g/mol. The van der Waals surface area contributed by atoms with Crippen LogP contribution in [-0.2, 0) is 4.74 Å². The molecule has 0 aromatic rings. The van der Waals surface area contributed by atoms with Gasteiger partial charge in [-0.2, -0.15) is 0 Å². The number of hydrogen-bond donors (Lipinski definition) is 1. The maximum Gasteiger partial charge on any atom is 0.250 e. The van der Waals surface area contributed by atoms with Crippen LogP contribution < -0.4 is 5.32 Å². The fraction of sp³-hybridized carbons (Fsp3) is 0.833. The van der Waals surface area contributed by atoms with Crippen LogP contribution in [0.2, 0.25) is 0 Å². The molecule has 0 aromatic carbocycles. The summed E-state index contributed by atoms with van der Waals surface area (Å²) in [7, 11) is 0. The maximum absolute atomic E-state index is 13.1. The molecule has 0 bridgehead atoms. The number of ether oxygens (including phenoxy) is 1. The number of halogens is 2. The van der Waals surface area contributed by atoms with E-state index in [0.717, 1.165) is 6.42 Å². The zero-order chi connectivity index (χ0) is 12.4. The Hall–Kier alpha value is -0.800. The van der Waals surface area contributed by atoms with Crippen LogP contribution in [0.3, 0.4) is 0 Å². The molecule has 1 atom stereocenters. The average Bonchev–Trinajstić information content (AvgIpc) is 1.96. The summed E-state index contributed by atoms with van der Waals surface area (Å²) in [5.74, 6) is -2.16. The Kier molecular flexibility index (Phi) is 3.81. The van der Waals surface area contributed by atoms with Crippen molar-refractivity contribution in [2.45, 2.75) is 64.0 Å². The Morgan fingerprint density at radius 1 is 1.44 bits per heavy atom. The second-order valence-corrected chi connectivity index (χ2v) is 5.43. The molecule has 0 aromatic heterocycles. The molecule has 1 saturated carbocycles. The summed E-state index contributed by atoms with van der Waals surface area (Å²) in [4.78, 5) is 0. The van der Waals surface area contributed by atoms with Crippen LogP contribution in [0.4, 0.5) is 8.78 Å². The number of alkyl halides is 2. The number of hydrogen-bond acceptors (Lipinski definition) is 2. The highest BCUT2D eigenvalue weighted by molar-refractivity contribution is 4.91. The summed E-state index contributed by atoms with van der Waals surface area (Å²) in [6, 6.07) is -0.224. The monoisotopic (exact) mass is 233 g/mol. The van der Waals surface area contributed by atoms with Gasteiger partial charge in [0.2, 0.25) is 5.92 Å². The van der Waals surface area contributed by atoms with E-state index in [1.807, 2.05) is 20.8 Å². The fourth-order valence-corrected chi connectivity index (χ4v) is 1.92. The van der Waals surface area contributed by atoms with Crippen molar-refractivity contribution in [3.8, 4) is 0 Å². The lowest BCUT2D eigenvalue weighted by atomic mass is 9.92. The first-order chi connectivity index (χ1) is 7.18. The van der Waals surface area contributed by atoms with Crippen molar-refractivity contribution in [3.63, 3.8) is 0 Å². The highest BCUT2D eigenvalue weighted by Crippen LogP contribution is 2.33. The van der Waals surface area contributed by atoms with Crippen LogP contribution in [0.1, 0.15) is 46.5 Å². The maximum atomic E-state index is 13.1. The first kappa shape index (κ1) is 13.3. The molecule has 0 heterocycles. The van der Waals surface area contributed by atoms with Crippen LogP contribution in [0.25, 0.3) is 0 Å². The van der Waals surface area contributed by atoms with Gasteiger partial charge in [-0.15, -0.1) is 0 Å². The van der Waals surface area contributed by atoms with Crippen molar-refractivity contribution in [1.82, 2.24) is 5.32 Å². The molecule has 1 fully saturated rings. The van der Waals surface area contributed by atoms with Crippen molar-refractivity contribution in [3.05, 3.63) is 12.5 Å². The summed E-state index contributed by atoms with van der Waals surface area (Å²) in [6.07, 6.45) is 1.17. The largest absolute Gasteiger partial charge is 0.474 e. The molecule has 94 valence electrons. The van der Waals surface area contributed by atoms with E-state index in [1.54, 1.807) is 0 Å². The Balaban J connectivity index is 2.40. The normalized spacial score (nSPS) is 24.9. The zero-order valence-corrected chi connectivity index (χ0v) is 10.3. The first-order valence-electron chi connectivity index (χ1n) is 5.70. The Morgan fingerprint density at radius 2 is 2.06 bits per heavy atom.